The molecule has 20 heteroatoms. The van der Waals surface area contributed by atoms with E-state index in [1.807, 2.05) is 0 Å². The Labute approximate surface area is 272 Å². The second kappa shape index (κ2) is 16.2. The molecule has 3 aromatic carbocycles. The third kappa shape index (κ3) is 11.0. The number of anilines is 3. The highest BCUT2D eigenvalue weighted by atomic mass is 32.2. The molecular formula is C27H35N7O10S3. The van der Waals surface area contributed by atoms with Gasteiger partial charge in [-0.2, -0.15) is 27.1 Å². The number of nitrogen functional groups attached to an aromatic ring is 1. The van der Waals surface area contributed by atoms with Crippen LogP contribution in [0.3, 0.4) is 0 Å². The zero-order valence-electron chi connectivity index (χ0n) is 25.4. The van der Waals surface area contributed by atoms with Crippen molar-refractivity contribution in [2.45, 2.75) is 23.1 Å². The summed E-state index contributed by atoms with van der Waals surface area (Å²) in [6.07, 6.45) is 0.617. The van der Waals surface area contributed by atoms with Gasteiger partial charge in [0, 0.05) is 32.4 Å². The predicted octanol–water partition coefficient (Wildman–Crippen LogP) is 4.17. The van der Waals surface area contributed by atoms with Gasteiger partial charge in [0.2, 0.25) is 0 Å². The first-order valence-corrected chi connectivity index (χ1v) is 18.5. The molecule has 256 valence electrons. The number of aliphatic hydroxyl groups is 1. The van der Waals surface area contributed by atoms with Crippen LogP contribution in [-0.4, -0.2) is 84.4 Å². The first-order chi connectivity index (χ1) is 22.1. The van der Waals surface area contributed by atoms with Crippen molar-refractivity contribution in [1.82, 2.24) is 0 Å². The van der Waals surface area contributed by atoms with Crippen LogP contribution in [0.2, 0.25) is 0 Å². The minimum absolute atomic E-state index is 0.00721. The fourth-order valence-corrected chi connectivity index (χ4v) is 6.03. The molecule has 0 radical (unpaired) electrons. The summed E-state index contributed by atoms with van der Waals surface area (Å²) in [7, 11) is -11.1. The Morgan fingerprint density at radius 2 is 1.43 bits per heavy atom. The molecular weight excluding hydrogens is 679 g/mol. The second-order valence-electron chi connectivity index (χ2n) is 9.93. The summed E-state index contributed by atoms with van der Waals surface area (Å²) in [5.74, 6) is -0.601. The van der Waals surface area contributed by atoms with E-state index in [9.17, 15) is 29.8 Å². The first-order valence-electron chi connectivity index (χ1n) is 13.8. The molecule has 0 aliphatic rings. The average molecular weight is 714 g/mol. The highest BCUT2D eigenvalue weighted by Crippen LogP contribution is 2.40. The van der Waals surface area contributed by atoms with Crippen molar-refractivity contribution in [3.8, 4) is 0 Å². The van der Waals surface area contributed by atoms with Gasteiger partial charge >= 0.3 is 0 Å². The number of sulfone groups is 1. The Balaban J connectivity index is 1.95. The molecule has 0 saturated carbocycles. The molecule has 0 saturated heterocycles. The van der Waals surface area contributed by atoms with Crippen molar-refractivity contribution in [2.24, 2.45) is 20.5 Å². The SMILES string of the molecule is COCCCNc1cc(NCCS(=O)(=O)CCO)c(N)c(C)c1N=Nc1ccc(N=Nc2ccc(S(=O)(=O)O)cc2)cc1S(=O)(=O)O. The van der Waals surface area contributed by atoms with Crippen LogP contribution in [0.25, 0.3) is 0 Å². The van der Waals surface area contributed by atoms with E-state index >= 15 is 0 Å². The number of benzene rings is 3. The largest absolute Gasteiger partial charge is 0.397 e. The molecule has 17 nitrogen and oxygen atoms in total. The maximum Gasteiger partial charge on any atom is 0.296 e. The number of hydrogen-bond acceptors (Lipinski definition) is 15. The van der Waals surface area contributed by atoms with Crippen LogP contribution >= 0.6 is 0 Å². The zero-order valence-corrected chi connectivity index (χ0v) is 27.8. The van der Waals surface area contributed by atoms with E-state index in [4.69, 9.17) is 20.1 Å². The van der Waals surface area contributed by atoms with Gasteiger partial charge in [0.25, 0.3) is 20.2 Å². The smallest absolute Gasteiger partial charge is 0.296 e. The van der Waals surface area contributed by atoms with Crippen LogP contribution in [0.15, 0.2) is 78.8 Å². The maximum atomic E-state index is 12.3. The van der Waals surface area contributed by atoms with Crippen molar-refractivity contribution < 1.29 is 44.2 Å². The molecule has 0 aliphatic carbocycles. The maximum absolute atomic E-state index is 12.3. The van der Waals surface area contributed by atoms with E-state index in [2.05, 4.69) is 31.1 Å². The lowest BCUT2D eigenvalue weighted by atomic mass is 10.1. The molecule has 7 N–H and O–H groups in total. The Morgan fingerprint density at radius 1 is 0.787 bits per heavy atom. The number of hydrogen-bond donors (Lipinski definition) is 6. The molecule has 3 rings (SSSR count). The lowest BCUT2D eigenvalue weighted by molar-refractivity contribution is 0.198. The monoisotopic (exact) mass is 713 g/mol. The van der Waals surface area contributed by atoms with E-state index in [-0.39, 0.29) is 51.4 Å². The summed E-state index contributed by atoms with van der Waals surface area (Å²) in [6.45, 7) is 2.09. The molecule has 0 spiro atoms. The summed E-state index contributed by atoms with van der Waals surface area (Å²) in [5, 5.41) is 31.3. The van der Waals surface area contributed by atoms with Gasteiger partial charge in [-0.15, -0.1) is 10.2 Å². The van der Waals surface area contributed by atoms with E-state index < -0.39 is 41.6 Å². The minimum Gasteiger partial charge on any atom is -0.397 e. The molecule has 0 aliphatic heterocycles. The molecule has 0 aromatic heterocycles. The van der Waals surface area contributed by atoms with Gasteiger partial charge in [-0.05, 0) is 61.9 Å². The van der Waals surface area contributed by atoms with Crippen molar-refractivity contribution in [3.05, 3.63) is 54.1 Å². The number of nitrogens with zero attached hydrogens (tertiary/aromatic N) is 4. The van der Waals surface area contributed by atoms with Crippen LogP contribution in [0.4, 0.5) is 39.8 Å². The van der Waals surface area contributed by atoms with E-state index in [1.54, 1.807) is 20.1 Å². The average Bonchev–Trinajstić information content (AvgIpc) is 2.99. The molecule has 0 unspecified atom stereocenters. The third-order valence-corrected chi connectivity index (χ3v) is 9.84. The number of ether oxygens (including phenoxy) is 1. The summed E-state index contributed by atoms with van der Waals surface area (Å²) in [5.41, 5.74) is 8.07. The fourth-order valence-electron chi connectivity index (χ4n) is 4.01. The van der Waals surface area contributed by atoms with Gasteiger partial charge in [0.15, 0.2) is 9.84 Å². The molecule has 0 atom stereocenters. The summed E-state index contributed by atoms with van der Waals surface area (Å²) >= 11 is 0. The van der Waals surface area contributed by atoms with Crippen LogP contribution in [-0.2, 0) is 34.8 Å². The quantitative estimate of drug-likeness (QED) is 0.0497. The highest BCUT2D eigenvalue weighted by Gasteiger charge is 2.19. The molecule has 0 heterocycles. The fraction of sp³-hybridized carbons (Fsp3) is 0.333. The van der Waals surface area contributed by atoms with Gasteiger partial charge in [0.1, 0.15) is 16.3 Å². The molecule has 3 aromatic rings. The normalized spacial score (nSPS) is 12.6. The Hall–Kier alpha value is -4.05. The van der Waals surface area contributed by atoms with Crippen LogP contribution in [0.1, 0.15) is 12.0 Å². The first kappa shape index (κ1) is 37.4. The summed E-state index contributed by atoms with van der Waals surface area (Å²) in [4.78, 5) is -0.970. The van der Waals surface area contributed by atoms with Crippen LogP contribution in [0, 0.1) is 6.92 Å². The Bertz CT molecular complexity index is 1950. The van der Waals surface area contributed by atoms with Crippen molar-refractivity contribution in [2.75, 3.05) is 61.3 Å². The number of rotatable bonds is 17. The number of methoxy groups -OCH3 is 1. The van der Waals surface area contributed by atoms with Crippen molar-refractivity contribution in [1.29, 1.82) is 0 Å². The van der Waals surface area contributed by atoms with E-state index in [0.29, 0.717) is 36.5 Å². The standard InChI is InChI=1S/C27H35N7O10S3/c1-18-26(28)23(30-11-14-45(36,37)15-12-35)17-24(29-10-3-13-44-2)27(18)34-33-22-9-6-20(16-25(22)47(41,42)43)32-31-19-4-7-21(8-5-19)46(38,39)40/h4-9,16-17,29-30,35H,3,10-15,28H2,1-2H3,(H,38,39,40)(H,41,42,43). The predicted molar refractivity (Wildman–Crippen MR) is 176 cm³/mol. The molecule has 0 fully saturated rings. The lowest BCUT2D eigenvalue weighted by Crippen LogP contribution is -2.20. The van der Waals surface area contributed by atoms with Gasteiger partial charge in [-0.3, -0.25) is 9.11 Å². The lowest BCUT2D eigenvalue weighted by Gasteiger charge is -2.18. The van der Waals surface area contributed by atoms with Gasteiger partial charge in [-0.1, -0.05) is 0 Å². The Kier molecular flexibility index (Phi) is 12.9. The van der Waals surface area contributed by atoms with Crippen LogP contribution < -0.4 is 16.4 Å². The summed E-state index contributed by atoms with van der Waals surface area (Å²) < 4.78 is 95.1. The third-order valence-electron chi connectivity index (χ3n) is 6.46. The number of azo groups is 2. The zero-order chi connectivity index (χ0) is 34.8. The van der Waals surface area contributed by atoms with Crippen molar-refractivity contribution in [3.63, 3.8) is 0 Å². The molecule has 0 bridgehead atoms. The highest BCUT2D eigenvalue weighted by molar-refractivity contribution is 7.91. The van der Waals surface area contributed by atoms with Gasteiger partial charge in [-0.25, -0.2) is 8.42 Å². The van der Waals surface area contributed by atoms with Gasteiger partial charge < -0.3 is 26.2 Å². The molecule has 0 amide bonds. The number of nitrogens with two attached hydrogens (primary N) is 1. The van der Waals surface area contributed by atoms with Gasteiger partial charge in [0.05, 0.1) is 51.4 Å². The van der Waals surface area contributed by atoms with E-state index in [1.165, 1.54) is 24.3 Å². The summed E-state index contributed by atoms with van der Waals surface area (Å²) in [6, 6.07) is 10.00. The second-order valence-corrected chi connectivity index (χ2v) is 15.0. The minimum atomic E-state index is -4.83. The van der Waals surface area contributed by atoms with Crippen molar-refractivity contribution >= 4 is 69.9 Å². The van der Waals surface area contributed by atoms with Crippen LogP contribution in [0.5, 0.6) is 0 Å². The Morgan fingerprint density at radius 3 is 2.04 bits per heavy atom. The number of nitrogens with one attached hydrogen (secondary N) is 2. The number of aliphatic hydroxyl groups excluding tert-OH is 1. The molecule has 47 heavy (non-hydrogen) atoms. The topological polar surface area (TPSA) is 272 Å². The van der Waals surface area contributed by atoms with E-state index in [0.717, 1.165) is 18.2 Å².